The van der Waals surface area contributed by atoms with Crippen molar-refractivity contribution in [1.82, 2.24) is 9.71 Å². The van der Waals surface area contributed by atoms with Gasteiger partial charge in [-0.25, -0.2) is 13.1 Å². The zero-order chi connectivity index (χ0) is 15.5. The van der Waals surface area contributed by atoms with Crippen LogP contribution in [0.2, 0.25) is 0 Å². The van der Waals surface area contributed by atoms with Crippen molar-refractivity contribution in [2.45, 2.75) is 37.6 Å². The Morgan fingerprint density at radius 2 is 2.10 bits per heavy atom. The summed E-state index contributed by atoms with van der Waals surface area (Å²) in [7, 11) is -3.61. The molecule has 114 valence electrons. The average molecular weight is 307 g/mol. The van der Waals surface area contributed by atoms with Gasteiger partial charge in [-0.1, -0.05) is 19.4 Å². The molecule has 0 aliphatic rings. The molecule has 0 radical (unpaired) electrons. The summed E-state index contributed by atoms with van der Waals surface area (Å²) < 4.78 is 27.9. The molecule has 21 heavy (non-hydrogen) atoms. The minimum absolute atomic E-state index is 0.243. The lowest BCUT2D eigenvalue weighted by Gasteiger charge is -2.17. The second-order valence-corrected chi connectivity index (χ2v) is 6.81. The molecule has 5 nitrogen and oxygen atoms in total. The zero-order valence-corrected chi connectivity index (χ0v) is 13.2. The molecule has 1 unspecified atom stereocenters. The van der Waals surface area contributed by atoms with Crippen molar-refractivity contribution >= 4 is 20.9 Å². The number of aryl methyl sites for hydroxylation is 1. The molecule has 0 aliphatic heterocycles. The predicted molar refractivity (Wildman–Crippen MR) is 84.6 cm³/mol. The standard InChI is InChI=1S/C15H21N3O2S/c1-3-5-12(10-16)18-21(19,20)14-8-7-11(2)15-13(14)6-4-9-17-15/h4,6-9,12,18H,3,5,10,16H2,1-2H3. The van der Waals surface area contributed by atoms with Crippen LogP contribution in [0.1, 0.15) is 25.3 Å². The Morgan fingerprint density at radius 1 is 1.33 bits per heavy atom. The number of aromatic nitrogens is 1. The van der Waals surface area contributed by atoms with Crippen LogP contribution in [0.15, 0.2) is 35.4 Å². The molecule has 1 aromatic carbocycles. The Labute approximate surface area is 125 Å². The van der Waals surface area contributed by atoms with Gasteiger partial charge in [0, 0.05) is 24.2 Å². The van der Waals surface area contributed by atoms with Gasteiger partial charge in [0.15, 0.2) is 0 Å². The highest BCUT2D eigenvalue weighted by atomic mass is 32.2. The molecule has 3 N–H and O–H groups in total. The lowest BCUT2D eigenvalue weighted by molar-refractivity contribution is 0.527. The van der Waals surface area contributed by atoms with Gasteiger partial charge >= 0.3 is 0 Å². The van der Waals surface area contributed by atoms with Gasteiger partial charge < -0.3 is 5.73 Å². The molecular weight excluding hydrogens is 286 g/mol. The first kappa shape index (κ1) is 15.9. The van der Waals surface area contributed by atoms with E-state index in [1.807, 2.05) is 13.8 Å². The maximum atomic E-state index is 12.6. The highest BCUT2D eigenvalue weighted by Crippen LogP contribution is 2.24. The number of sulfonamides is 1. The molecule has 0 saturated heterocycles. The fraction of sp³-hybridized carbons (Fsp3) is 0.400. The van der Waals surface area contributed by atoms with Crippen LogP contribution in [0.4, 0.5) is 0 Å². The van der Waals surface area contributed by atoms with Crippen molar-refractivity contribution < 1.29 is 8.42 Å². The van der Waals surface area contributed by atoms with E-state index in [-0.39, 0.29) is 17.5 Å². The number of hydrogen-bond acceptors (Lipinski definition) is 4. The van der Waals surface area contributed by atoms with Crippen LogP contribution < -0.4 is 10.5 Å². The molecular formula is C15H21N3O2S. The van der Waals surface area contributed by atoms with Gasteiger partial charge in [-0.15, -0.1) is 0 Å². The van der Waals surface area contributed by atoms with E-state index in [2.05, 4.69) is 9.71 Å². The topological polar surface area (TPSA) is 85.1 Å². The van der Waals surface area contributed by atoms with Gasteiger partial charge in [-0.05, 0) is 37.1 Å². The molecule has 0 spiro atoms. The van der Waals surface area contributed by atoms with Crippen molar-refractivity contribution in [3.63, 3.8) is 0 Å². The summed E-state index contributed by atoms with van der Waals surface area (Å²) in [4.78, 5) is 4.53. The Balaban J connectivity index is 2.48. The first-order chi connectivity index (χ1) is 9.99. The van der Waals surface area contributed by atoms with Crippen LogP contribution >= 0.6 is 0 Å². The number of nitrogens with one attached hydrogen (secondary N) is 1. The molecule has 2 aromatic rings. The second-order valence-electron chi connectivity index (χ2n) is 5.12. The van der Waals surface area contributed by atoms with Gasteiger partial charge in [0.25, 0.3) is 0 Å². The predicted octanol–water partition coefficient (Wildman–Crippen LogP) is 1.95. The number of benzene rings is 1. The van der Waals surface area contributed by atoms with Crippen molar-refractivity contribution in [2.24, 2.45) is 5.73 Å². The van der Waals surface area contributed by atoms with Crippen molar-refractivity contribution in [2.75, 3.05) is 6.54 Å². The van der Waals surface area contributed by atoms with E-state index in [1.165, 1.54) is 0 Å². The lowest BCUT2D eigenvalue weighted by Crippen LogP contribution is -2.40. The largest absolute Gasteiger partial charge is 0.329 e. The number of hydrogen-bond donors (Lipinski definition) is 2. The van der Waals surface area contributed by atoms with Crippen LogP contribution in [0.3, 0.4) is 0 Å². The zero-order valence-electron chi connectivity index (χ0n) is 12.3. The highest BCUT2D eigenvalue weighted by Gasteiger charge is 2.21. The molecule has 1 aromatic heterocycles. The first-order valence-corrected chi connectivity index (χ1v) is 8.54. The Morgan fingerprint density at radius 3 is 2.76 bits per heavy atom. The first-order valence-electron chi connectivity index (χ1n) is 7.06. The smallest absolute Gasteiger partial charge is 0.241 e. The minimum Gasteiger partial charge on any atom is -0.329 e. The molecule has 2 rings (SSSR count). The molecule has 0 bridgehead atoms. The van der Waals surface area contributed by atoms with Crippen molar-refractivity contribution in [3.05, 3.63) is 36.0 Å². The van der Waals surface area contributed by atoms with E-state index in [1.54, 1.807) is 30.5 Å². The van der Waals surface area contributed by atoms with Crippen LogP contribution in [0.25, 0.3) is 10.9 Å². The van der Waals surface area contributed by atoms with E-state index in [0.29, 0.717) is 10.9 Å². The molecule has 0 amide bonds. The summed E-state index contributed by atoms with van der Waals surface area (Å²) in [6.07, 6.45) is 3.26. The number of rotatable bonds is 6. The number of nitrogens with zero attached hydrogens (tertiary/aromatic N) is 1. The van der Waals surface area contributed by atoms with Gasteiger partial charge in [0.05, 0.1) is 10.4 Å². The third-order valence-corrected chi connectivity index (χ3v) is 5.04. The second kappa shape index (κ2) is 6.51. The summed E-state index contributed by atoms with van der Waals surface area (Å²) in [5.74, 6) is 0. The molecule has 1 atom stereocenters. The third kappa shape index (κ3) is 3.40. The van der Waals surface area contributed by atoms with Crippen LogP contribution in [-0.2, 0) is 10.0 Å². The Bertz CT molecular complexity index is 729. The molecule has 0 saturated carbocycles. The third-order valence-electron chi connectivity index (χ3n) is 3.46. The van der Waals surface area contributed by atoms with Gasteiger partial charge in [-0.3, -0.25) is 4.98 Å². The van der Waals surface area contributed by atoms with Crippen molar-refractivity contribution in [3.8, 4) is 0 Å². The van der Waals surface area contributed by atoms with E-state index >= 15 is 0 Å². The maximum absolute atomic E-state index is 12.6. The fourth-order valence-corrected chi connectivity index (χ4v) is 3.86. The van der Waals surface area contributed by atoms with Crippen LogP contribution in [0.5, 0.6) is 0 Å². The van der Waals surface area contributed by atoms with Gasteiger partial charge in [0.1, 0.15) is 0 Å². The number of fused-ring (bicyclic) bond motifs is 1. The SMILES string of the molecule is CCCC(CN)NS(=O)(=O)c1ccc(C)c2ncccc12. The summed E-state index contributed by atoms with van der Waals surface area (Å²) >= 11 is 0. The van der Waals surface area contributed by atoms with E-state index in [0.717, 1.165) is 18.4 Å². The summed E-state index contributed by atoms with van der Waals surface area (Å²) in [5.41, 5.74) is 7.30. The van der Waals surface area contributed by atoms with E-state index < -0.39 is 10.0 Å². The van der Waals surface area contributed by atoms with Gasteiger partial charge in [-0.2, -0.15) is 0 Å². The quantitative estimate of drug-likeness (QED) is 0.854. The van der Waals surface area contributed by atoms with Gasteiger partial charge in [0.2, 0.25) is 10.0 Å². The average Bonchev–Trinajstić information content (AvgIpc) is 2.47. The Hall–Kier alpha value is -1.50. The van der Waals surface area contributed by atoms with Crippen LogP contribution in [0, 0.1) is 6.92 Å². The Kier molecular flexibility index (Phi) is 4.92. The highest BCUT2D eigenvalue weighted by molar-refractivity contribution is 7.89. The number of pyridine rings is 1. The normalized spacial score (nSPS) is 13.5. The molecule has 0 aliphatic carbocycles. The molecule has 0 fully saturated rings. The monoisotopic (exact) mass is 307 g/mol. The fourth-order valence-electron chi connectivity index (χ4n) is 2.38. The number of nitrogens with two attached hydrogens (primary N) is 1. The van der Waals surface area contributed by atoms with E-state index in [9.17, 15) is 8.42 Å². The van der Waals surface area contributed by atoms with Crippen LogP contribution in [-0.4, -0.2) is 26.0 Å². The van der Waals surface area contributed by atoms with E-state index in [4.69, 9.17) is 5.73 Å². The summed E-state index contributed by atoms with van der Waals surface area (Å²) in [6, 6.07) is 6.68. The summed E-state index contributed by atoms with van der Waals surface area (Å²) in [5, 5.41) is 0.636. The molecule has 1 heterocycles. The molecule has 6 heteroatoms. The summed E-state index contributed by atoms with van der Waals surface area (Å²) in [6.45, 7) is 4.20. The lowest BCUT2D eigenvalue weighted by atomic mass is 10.1. The van der Waals surface area contributed by atoms with Crippen molar-refractivity contribution in [1.29, 1.82) is 0 Å². The maximum Gasteiger partial charge on any atom is 0.241 e. The minimum atomic E-state index is -3.61.